The summed E-state index contributed by atoms with van der Waals surface area (Å²) in [7, 11) is 0. The molecule has 2 nitrogen and oxygen atoms in total. The molecule has 1 aliphatic heterocycles. The highest BCUT2D eigenvalue weighted by Crippen LogP contribution is 2.28. The zero-order chi connectivity index (χ0) is 15.5. The maximum absolute atomic E-state index is 6.18. The van der Waals surface area contributed by atoms with Gasteiger partial charge in [0.2, 0.25) is 0 Å². The van der Waals surface area contributed by atoms with Gasteiger partial charge in [-0.05, 0) is 43.0 Å². The standard InChI is InChI=1S/C20H25NO/c1-4-11-21-12-7-9-17-13-16(3)20(14-18(17)21)22-19-10-6-5-8-15(19)2/h5-6,8,10,13-14,18H,3-4,7,9,11-12H2,1-2H3/p+1. The minimum atomic E-state index is 0.471. The van der Waals surface area contributed by atoms with Gasteiger partial charge >= 0.3 is 0 Å². The Labute approximate surface area is 133 Å². The lowest BCUT2D eigenvalue weighted by Gasteiger charge is -2.35. The molecule has 22 heavy (non-hydrogen) atoms. The Kier molecular flexibility index (Phi) is 4.49. The highest BCUT2D eigenvalue weighted by Gasteiger charge is 2.32. The number of fused-ring (bicyclic) bond motifs is 1. The summed E-state index contributed by atoms with van der Waals surface area (Å²) in [6, 6.07) is 8.64. The molecule has 0 saturated carbocycles. The SMILES string of the molecule is C=C1C=C2CCC[NH+](CCC)C2C=C1Oc1ccccc1C. The van der Waals surface area contributed by atoms with Crippen LogP contribution in [-0.2, 0) is 0 Å². The lowest BCUT2D eigenvalue weighted by molar-refractivity contribution is -0.917. The van der Waals surface area contributed by atoms with E-state index in [1.54, 1.807) is 4.90 Å². The van der Waals surface area contributed by atoms with Crippen LogP contribution in [0.1, 0.15) is 31.7 Å². The molecular formula is C20H26NO+. The van der Waals surface area contributed by atoms with Crippen LogP contribution in [0, 0.1) is 6.92 Å². The number of ether oxygens (including phenoxy) is 1. The molecule has 1 aromatic carbocycles. The summed E-state index contributed by atoms with van der Waals surface area (Å²) < 4.78 is 6.18. The molecule has 1 aliphatic carbocycles. The van der Waals surface area contributed by atoms with E-state index in [0.29, 0.717) is 6.04 Å². The highest BCUT2D eigenvalue weighted by molar-refractivity contribution is 5.46. The molecule has 116 valence electrons. The predicted octanol–water partition coefficient (Wildman–Crippen LogP) is 3.21. The number of nitrogens with one attached hydrogen (secondary N) is 1. The number of quaternary nitrogens is 1. The van der Waals surface area contributed by atoms with Crippen molar-refractivity contribution in [3.8, 4) is 5.75 Å². The van der Waals surface area contributed by atoms with Crippen LogP contribution in [0.25, 0.3) is 0 Å². The Morgan fingerprint density at radius 1 is 1.32 bits per heavy atom. The molecule has 1 saturated heterocycles. The topological polar surface area (TPSA) is 13.7 Å². The first-order valence-electron chi connectivity index (χ1n) is 8.38. The molecule has 0 bridgehead atoms. The number of benzene rings is 1. The number of hydrogen-bond acceptors (Lipinski definition) is 1. The number of hydrogen-bond donors (Lipinski definition) is 1. The second-order valence-electron chi connectivity index (χ2n) is 6.38. The number of piperidine rings is 1. The van der Waals surface area contributed by atoms with Gasteiger partial charge in [-0.1, -0.05) is 31.7 Å². The van der Waals surface area contributed by atoms with Crippen LogP contribution in [0.3, 0.4) is 0 Å². The predicted molar refractivity (Wildman–Crippen MR) is 91.1 cm³/mol. The molecule has 1 heterocycles. The fourth-order valence-electron chi connectivity index (χ4n) is 3.52. The van der Waals surface area contributed by atoms with Crippen molar-refractivity contribution in [2.75, 3.05) is 13.1 Å². The Morgan fingerprint density at radius 2 is 2.14 bits per heavy atom. The average Bonchev–Trinajstić information content (AvgIpc) is 2.51. The van der Waals surface area contributed by atoms with E-state index >= 15 is 0 Å². The fourth-order valence-corrected chi connectivity index (χ4v) is 3.52. The van der Waals surface area contributed by atoms with Crippen LogP contribution in [0.15, 0.2) is 59.9 Å². The van der Waals surface area contributed by atoms with Crippen molar-refractivity contribution in [2.24, 2.45) is 0 Å². The number of aryl methyl sites for hydroxylation is 1. The molecular weight excluding hydrogens is 270 g/mol. The molecule has 2 atom stereocenters. The first-order chi connectivity index (χ1) is 10.7. The highest BCUT2D eigenvalue weighted by atomic mass is 16.5. The lowest BCUT2D eigenvalue weighted by atomic mass is 9.88. The van der Waals surface area contributed by atoms with E-state index in [9.17, 15) is 0 Å². The number of likely N-dealkylation sites (tertiary alicyclic amines) is 1. The Morgan fingerprint density at radius 3 is 2.91 bits per heavy atom. The van der Waals surface area contributed by atoms with Gasteiger partial charge in [0.05, 0.1) is 13.1 Å². The largest absolute Gasteiger partial charge is 0.457 e. The van der Waals surface area contributed by atoms with Gasteiger partial charge < -0.3 is 9.64 Å². The van der Waals surface area contributed by atoms with E-state index in [1.165, 1.54) is 37.9 Å². The first-order valence-corrected chi connectivity index (χ1v) is 8.38. The fraction of sp³-hybridized carbons (Fsp3) is 0.400. The molecule has 1 N–H and O–H groups in total. The van der Waals surface area contributed by atoms with Crippen LogP contribution in [0.4, 0.5) is 0 Å². The monoisotopic (exact) mass is 296 g/mol. The van der Waals surface area contributed by atoms with Crippen molar-refractivity contribution in [3.05, 3.63) is 65.5 Å². The van der Waals surface area contributed by atoms with E-state index in [4.69, 9.17) is 4.74 Å². The molecule has 3 rings (SSSR count). The number of rotatable bonds is 4. The van der Waals surface area contributed by atoms with Gasteiger partial charge in [0.1, 0.15) is 17.6 Å². The zero-order valence-corrected chi connectivity index (χ0v) is 13.7. The first kappa shape index (κ1) is 15.1. The van der Waals surface area contributed by atoms with Crippen LogP contribution >= 0.6 is 0 Å². The third-order valence-electron chi connectivity index (χ3n) is 4.68. The van der Waals surface area contributed by atoms with Gasteiger partial charge in [0, 0.05) is 18.1 Å². The summed E-state index contributed by atoms with van der Waals surface area (Å²) >= 11 is 0. The second-order valence-corrected chi connectivity index (χ2v) is 6.38. The van der Waals surface area contributed by atoms with Gasteiger partial charge in [-0.2, -0.15) is 0 Å². The summed E-state index contributed by atoms with van der Waals surface area (Å²) in [4.78, 5) is 1.67. The van der Waals surface area contributed by atoms with Crippen molar-refractivity contribution in [1.82, 2.24) is 0 Å². The maximum atomic E-state index is 6.18. The van der Waals surface area contributed by atoms with E-state index in [0.717, 1.165) is 22.6 Å². The molecule has 0 radical (unpaired) electrons. The van der Waals surface area contributed by atoms with Crippen molar-refractivity contribution < 1.29 is 9.64 Å². The molecule has 2 aliphatic rings. The van der Waals surface area contributed by atoms with Crippen molar-refractivity contribution >= 4 is 0 Å². The Hall–Kier alpha value is -1.80. The van der Waals surface area contributed by atoms with Crippen molar-refractivity contribution in [3.63, 3.8) is 0 Å². The summed E-state index contributed by atoms with van der Waals surface area (Å²) in [5.74, 6) is 1.86. The summed E-state index contributed by atoms with van der Waals surface area (Å²) in [6.45, 7) is 11.0. The van der Waals surface area contributed by atoms with E-state index in [1.807, 2.05) is 18.2 Å². The summed E-state index contributed by atoms with van der Waals surface area (Å²) in [5, 5.41) is 0. The van der Waals surface area contributed by atoms with Gasteiger partial charge in [-0.25, -0.2) is 0 Å². The van der Waals surface area contributed by atoms with Gasteiger partial charge in [0.15, 0.2) is 0 Å². The Bertz CT molecular complexity index is 624. The molecule has 0 spiro atoms. The van der Waals surface area contributed by atoms with Crippen LogP contribution in [0.2, 0.25) is 0 Å². The number of allylic oxidation sites excluding steroid dienone is 1. The summed E-state index contributed by atoms with van der Waals surface area (Å²) in [5.41, 5.74) is 3.69. The molecule has 2 heteroatoms. The third kappa shape index (κ3) is 3.02. The zero-order valence-electron chi connectivity index (χ0n) is 13.7. The third-order valence-corrected chi connectivity index (χ3v) is 4.68. The molecule has 0 amide bonds. The quantitative estimate of drug-likeness (QED) is 0.901. The van der Waals surface area contributed by atoms with Gasteiger partial charge in [0.25, 0.3) is 0 Å². The van der Waals surface area contributed by atoms with Crippen LogP contribution in [-0.4, -0.2) is 19.1 Å². The van der Waals surface area contributed by atoms with E-state index in [2.05, 4.69) is 38.6 Å². The summed E-state index contributed by atoms with van der Waals surface area (Å²) in [6.07, 6.45) is 8.26. The lowest BCUT2D eigenvalue weighted by Crippen LogP contribution is -3.16. The van der Waals surface area contributed by atoms with Crippen molar-refractivity contribution in [1.29, 1.82) is 0 Å². The van der Waals surface area contributed by atoms with E-state index in [-0.39, 0.29) is 0 Å². The van der Waals surface area contributed by atoms with Crippen LogP contribution < -0.4 is 9.64 Å². The maximum Gasteiger partial charge on any atom is 0.136 e. The minimum absolute atomic E-state index is 0.471. The number of para-hydroxylation sites is 1. The van der Waals surface area contributed by atoms with E-state index < -0.39 is 0 Å². The molecule has 2 unspecified atom stereocenters. The van der Waals surface area contributed by atoms with Crippen LogP contribution in [0.5, 0.6) is 5.75 Å². The van der Waals surface area contributed by atoms with Gasteiger partial charge in [-0.3, -0.25) is 0 Å². The molecule has 1 aromatic rings. The molecule has 1 fully saturated rings. The normalized spacial score (nSPS) is 24.4. The second kappa shape index (κ2) is 6.53. The van der Waals surface area contributed by atoms with Gasteiger partial charge in [-0.15, -0.1) is 0 Å². The average molecular weight is 296 g/mol. The van der Waals surface area contributed by atoms with Crippen molar-refractivity contribution in [2.45, 2.75) is 39.2 Å². The molecule has 0 aromatic heterocycles. The smallest absolute Gasteiger partial charge is 0.136 e. The minimum Gasteiger partial charge on any atom is -0.457 e. The Balaban J connectivity index is 1.85.